The van der Waals surface area contributed by atoms with Crippen molar-refractivity contribution in [2.24, 2.45) is 0 Å². The summed E-state index contributed by atoms with van der Waals surface area (Å²) < 4.78 is 12.3. The minimum atomic E-state index is -0.0920. The van der Waals surface area contributed by atoms with Gasteiger partial charge in [-0.05, 0) is 44.2 Å². The van der Waals surface area contributed by atoms with Gasteiger partial charge in [0.15, 0.2) is 0 Å². The summed E-state index contributed by atoms with van der Waals surface area (Å²) in [6.45, 7) is 6.97. The van der Waals surface area contributed by atoms with Crippen LogP contribution in [0.1, 0.15) is 36.1 Å². The van der Waals surface area contributed by atoms with Crippen LogP contribution in [0.4, 0.5) is 0 Å². The third-order valence-electron chi connectivity index (χ3n) is 6.57. The Labute approximate surface area is 199 Å². The SMILES string of the molecule is COCCn1c(C(C)N2CCN(C(=O)c3cccc(OC)c3)C(C)C2)nc2ccccc2c1=O. The van der Waals surface area contributed by atoms with Crippen molar-refractivity contribution in [2.75, 3.05) is 40.5 Å². The Morgan fingerprint density at radius 2 is 1.94 bits per heavy atom. The number of aromatic nitrogens is 2. The van der Waals surface area contributed by atoms with Gasteiger partial charge in [0.2, 0.25) is 0 Å². The maximum atomic E-state index is 13.2. The predicted molar refractivity (Wildman–Crippen MR) is 131 cm³/mol. The van der Waals surface area contributed by atoms with Gasteiger partial charge in [0.25, 0.3) is 11.5 Å². The maximum absolute atomic E-state index is 13.2. The average Bonchev–Trinajstić information content (AvgIpc) is 2.87. The summed E-state index contributed by atoms with van der Waals surface area (Å²) in [6, 6.07) is 14.6. The summed E-state index contributed by atoms with van der Waals surface area (Å²) in [5, 5.41) is 0.608. The number of amides is 1. The number of hydrogen-bond acceptors (Lipinski definition) is 6. The van der Waals surface area contributed by atoms with Gasteiger partial charge in [-0.1, -0.05) is 18.2 Å². The monoisotopic (exact) mass is 464 g/mol. The molecule has 1 aliphatic rings. The smallest absolute Gasteiger partial charge is 0.261 e. The van der Waals surface area contributed by atoms with E-state index in [4.69, 9.17) is 14.5 Å². The molecule has 0 bridgehead atoms. The lowest BCUT2D eigenvalue weighted by Crippen LogP contribution is -2.54. The van der Waals surface area contributed by atoms with Crippen LogP contribution in [0, 0.1) is 0 Å². The van der Waals surface area contributed by atoms with Gasteiger partial charge in [0.05, 0.1) is 37.2 Å². The third kappa shape index (κ3) is 4.69. The molecule has 8 nitrogen and oxygen atoms in total. The molecule has 1 amide bonds. The summed E-state index contributed by atoms with van der Waals surface area (Å²) in [6.07, 6.45) is 0. The number of hydrogen-bond donors (Lipinski definition) is 0. The highest BCUT2D eigenvalue weighted by atomic mass is 16.5. The second-order valence-corrected chi connectivity index (χ2v) is 8.69. The normalized spacial score (nSPS) is 17.6. The van der Waals surface area contributed by atoms with Crippen molar-refractivity contribution in [3.63, 3.8) is 0 Å². The molecule has 2 aromatic carbocycles. The van der Waals surface area contributed by atoms with E-state index in [1.807, 2.05) is 47.4 Å². The standard InChI is InChI=1S/C26H32N4O4/c1-18-17-28(12-13-29(18)25(31)20-8-7-9-21(16-20)34-4)19(2)24-27-23-11-6-5-10-22(23)26(32)30(24)14-15-33-3/h5-11,16,18-19H,12-15,17H2,1-4H3. The topological polar surface area (TPSA) is 76.9 Å². The Morgan fingerprint density at radius 1 is 1.15 bits per heavy atom. The molecule has 1 aromatic heterocycles. The van der Waals surface area contributed by atoms with E-state index < -0.39 is 0 Å². The minimum absolute atomic E-state index is 0.000429. The highest BCUT2D eigenvalue weighted by Gasteiger charge is 2.32. The molecule has 1 saturated heterocycles. The Bertz CT molecular complexity index is 1220. The van der Waals surface area contributed by atoms with Crippen molar-refractivity contribution >= 4 is 16.8 Å². The Morgan fingerprint density at radius 3 is 2.68 bits per heavy atom. The molecule has 0 spiro atoms. The fourth-order valence-corrected chi connectivity index (χ4v) is 4.63. The number of rotatable bonds is 7. The van der Waals surface area contributed by atoms with Gasteiger partial charge in [-0.25, -0.2) is 4.98 Å². The zero-order chi connectivity index (χ0) is 24.2. The van der Waals surface area contributed by atoms with Crippen LogP contribution < -0.4 is 10.3 Å². The van der Waals surface area contributed by atoms with E-state index in [9.17, 15) is 9.59 Å². The van der Waals surface area contributed by atoms with Gasteiger partial charge in [-0.2, -0.15) is 0 Å². The highest BCUT2D eigenvalue weighted by Crippen LogP contribution is 2.25. The second kappa shape index (κ2) is 10.4. The molecule has 0 radical (unpaired) electrons. The quantitative estimate of drug-likeness (QED) is 0.535. The summed E-state index contributed by atoms with van der Waals surface area (Å²) in [4.78, 5) is 35.5. The predicted octanol–water partition coefficient (Wildman–Crippen LogP) is 2.96. The number of carbonyl (C=O) groups excluding carboxylic acids is 1. The van der Waals surface area contributed by atoms with Crippen molar-refractivity contribution in [1.29, 1.82) is 0 Å². The van der Waals surface area contributed by atoms with Gasteiger partial charge in [-0.3, -0.25) is 19.1 Å². The fourth-order valence-electron chi connectivity index (χ4n) is 4.63. The van der Waals surface area contributed by atoms with E-state index in [-0.39, 0.29) is 23.6 Å². The largest absolute Gasteiger partial charge is 0.497 e. The van der Waals surface area contributed by atoms with Crippen LogP contribution in [0.15, 0.2) is 53.3 Å². The molecular weight excluding hydrogens is 432 g/mol. The molecule has 4 rings (SSSR count). The number of ether oxygens (including phenoxy) is 2. The molecule has 1 fully saturated rings. The zero-order valence-corrected chi connectivity index (χ0v) is 20.2. The summed E-state index contributed by atoms with van der Waals surface area (Å²) in [5.74, 6) is 1.39. The van der Waals surface area contributed by atoms with E-state index in [2.05, 4.69) is 18.7 Å². The van der Waals surface area contributed by atoms with E-state index in [1.54, 1.807) is 24.9 Å². The fraction of sp³-hybridized carbons (Fsp3) is 0.423. The van der Waals surface area contributed by atoms with Crippen LogP contribution in [-0.2, 0) is 11.3 Å². The molecule has 1 aliphatic heterocycles. The number of methoxy groups -OCH3 is 2. The second-order valence-electron chi connectivity index (χ2n) is 8.69. The molecule has 2 unspecified atom stereocenters. The average molecular weight is 465 g/mol. The first-order valence-corrected chi connectivity index (χ1v) is 11.6. The number of benzene rings is 2. The molecule has 2 heterocycles. The van der Waals surface area contributed by atoms with E-state index in [0.717, 1.165) is 5.82 Å². The highest BCUT2D eigenvalue weighted by molar-refractivity contribution is 5.95. The molecule has 34 heavy (non-hydrogen) atoms. The lowest BCUT2D eigenvalue weighted by atomic mass is 10.1. The van der Waals surface area contributed by atoms with Gasteiger partial charge in [0.1, 0.15) is 11.6 Å². The van der Waals surface area contributed by atoms with E-state index in [1.165, 1.54) is 0 Å². The molecule has 8 heteroatoms. The number of piperazine rings is 1. The van der Waals surface area contributed by atoms with Crippen LogP contribution >= 0.6 is 0 Å². The van der Waals surface area contributed by atoms with Crippen LogP contribution in [0.5, 0.6) is 5.75 Å². The van der Waals surface area contributed by atoms with Crippen LogP contribution in [0.2, 0.25) is 0 Å². The Balaban J connectivity index is 1.57. The van der Waals surface area contributed by atoms with Gasteiger partial charge in [-0.15, -0.1) is 0 Å². The maximum Gasteiger partial charge on any atom is 0.261 e. The summed E-state index contributed by atoms with van der Waals surface area (Å²) in [7, 11) is 3.22. The van der Waals surface area contributed by atoms with Crippen LogP contribution in [-0.4, -0.2) is 71.8 Å². The number of fused-ring (bicyclic) bond motifs is 1. The van der Waals surface area contributed by atoms with Gasteiger partial charge >= 0.3 is 0 Å². The van der Waals surface area contributed by atoms with Gasteiger partial charge in [0, 0.05) is 38.3 Å². The first kappa shape index (κ1) is 23.9. The van der Waals surface area contributed by atoms with Crippen molar-refractivity contribution < 1.29 is 14.3 Å². The Hall–Kier alpha value is -3.23. The lowest BCUT2D eigenvalue weighted by Gasteiger charge is -2.42. The minimum Gasteiger partial charge on any atom is -0.497 e. The Kier molecular flexibility index (Phi) is 7.29. The van der Waals surface area contributed by atoms with Crippen LogP contribution in [0.25, 0.3) is 10.9 Å². The number of carbonyl (C=O) groups is 1. The number of nitrogens with zero attached hydrogens (tertiary/aromatic N) is 4. The summed E-state index contributed by atoms with van der Waals surface area (Å²) in [5.41, 5.74) is 1.27. The first-order valence-electron chi connectivity index (χ1n) is 11.6. The van der Waals surface area contributed by atoms with Crippen molar-refractivity contribution in [3.05, 3.63) is 70.3 Å². The molecule has 0 N–H and O–H groups in total. The molecule has 2 atom stereocenters. The number of para-hydroxylation sites is 1. The third-order valence-corrected chi connectivity index (χ3v) is 6.57. The van der Waals surface area contributed by atoms with Crippen LogP contribution in [0.3, 0.4) is 0 Å². The zero-order valence-electron chi connectivity index (χ0n) is 20.2. The van der Waals surface area contributed by atoms with E-state index in [0.29, 0.717) is 55.0 Å². The molecule has 180 valence electrons. The summed E-state index contributed by atoms with van der Waals surface area (Å²) >= 11 is 0. The molecule has 0 aliphatic carbocycles. The van der Waals surface area contributed by atoms with Crippen molar-refractivity contribution in [2.45, 2.75) is 32.5 Å². The first-order chi connectivity index (χ1) is 16.4. The van der Waals surface area contributed by atoms with E-state index >= 15 is 0 Å². The molecule has 0 saturated carbocycles. The molecular formula is C26H32N4O4. The van der Waals surface area contributed by atoms with Crippen molar-refractivity contribution in [3.8, 4) is 5.75 Å². The van der Waals surface area contributed by atoms with Gasteiger partial charge < -0.3 is 14.4 Å². The lowest BCUT2D eigenvalue weighted by molar-refractivity contribution is 0.0388. The molecule has 3 aromatic rings. The van der Waals surface area contributed by atoms with Crippen molar-refractivity contribution in [1.82, 2.24) is 19.4 Å².